The Morgan fingerprint density at radius 1 is 1.33 bits per heavy atom. The minimum atomic E-state index is -0.0347. The maximum absolute atomic E-state index is 12.0. The summed E-state index contributed by atoms with van der Waals surface area (Å²) in [5.74, 6) is 0.406. The molecule has 3 nitrogen and oxygen atoms in total. The summed E-state index contributed by atoms with van der Waals surface area (Å²) in [4.78, 5) is 14.3. The van der Waals surface area contributed by atoms with Gasteiger partial charge in [0, 0.05) is 25.1 Å². The number of carbonyl (C=O) groups is 1. The molecule has 0 aromatic heterocycles. The monoisotopic (exact) mass is 213 g/mol. The third-order valence-electron chi connectivity index (χ3n) is 2.94. The summed E-state index contributed by atoms with van der Waals surface area (Å²) in [5.41, 5.74) is 0. The topological polar surface area (TPSA) is 29.5 Å². The van der Waals surface area contributed by atoms with E-state index in [-0.39, 0.29) is 12.0 Å². The van der Waals surface area contributed by atoms with Crippen LogP contribution in [0.1, 0.15) is 34.1 Å². The molecule has 0 N–H and O–H groups in total. The van der Waals surface area contributed by atoms with Gasteiger partial charge in [-0.2, -0.15) is 0 Å². The lowest BCUT2D eigenvalue weighted by Crippen LogP contribution is -2.48. The Bertz CT molecular complexity index is 214. The first-order valence-electron chi connectivity index (χ1n) is 5.91. The maximum Gasteiger partial charge on any atom is 0.154 e. The van der Waals surface area contributed by atoms with E-state index >= 15 is 0 Å². The Labute approximate surface area is 92.8 Å². The zero-order valence-electron chi connectivity index (χ0n) is 10.3. The van der Waals surface area contributed by atoms with Crippen LogP contribution < -0.4 is 0 Å². The molecule has 0 aromatic carbocycles. The summed E-state index contributed by atoms with van der Waals surface area (Å²) < 4.78 is 5.50. The van der Waals surface area contributed by atoms with E-state index < -0.39 is 0 Å². The van der Waals surface area contributed by atoms with Crippen molar-refractivity contribution in [2.24, 2.45) is 5.92 Å². The highest BCUT2D eigenvalue weighted by atomic mass is 16.5. The average Bonchev–Trinajstić information content (AvgIpc) is 2.40. The second-order valence-electron chi connectivity index (χ2n) is 4.83. The lowest BCUT2D eigenvalue weighted by molar-refractivity contribution is -0.129. The number of hydrogen-bond acceptors (Lipinski definition) is 3. The van der Waals surface area contributed by atoms with Crippen molar-refractivity contribution >= 4 is 5.78 Å². The van der Waals surface area contributed by atoms with Crippen molar-refractivity contribution in [2.75, 3.05) is 19.8 Å². The molecule has 1 unspecified atom stereocenters. The van der Waals surface area contributed by atoms with Crippen LogP contribution in [0.2, 0.25) is 0 Å². The molecule has 1 fully saturated rings. The first kappa shape index (κ1) is 12.7. The van der Waals surface area contributed by atoms with Crippen LogP contribution in [0.25, 0.3) is 0 Å². The van der Waals surface area contributed by atoms with Crippen molar-refractivity contribution in [2.45, 2.75) is 46.2 Å². The molecule has 1 aliphatic heterocycles. The summed E-state index contributed by atoms with van der Waals surface area (Å²) in [5, 5.41) is 0. The van der Waals surface area contributed by atoms with Crippen molar-refractivity contribution in [1.82, 2.24) is 4.90 Å². The molecule has 3 heteroatoms. The van der Waals surface area contributed by atoms with E-state index in [1.807, 2.05) is 13.8 Å². The highest BCUT2D eigenvalue weighted by Crippen LogP contribution is 2.15. The number of nitrogens with zero attached hydrogens (tertiary/aromatic N) is 1. The molecule has 1 heterocycles. The molecule has 1 saturated heterocycles. The smallest absolute Gasteiger partial charge is 0.154 e. The van der Waals surface area contributed by atoms with Crippen molar-refractivity contribution in [3.05, 3.63) is 0 Å². The van der Waals surface area contributed by atoms with Gasteiger partial charge in [0.25, 0.3) is 0 Å². The summed E-state index contributed by atoms with van der Waals surface area (Å²) in [6.07, 6.45) is 1.03. The molecule has 0 spiro atoms. The number of rotatable bonds is 3. The number of Topliss-reactive ketones (excluding diaryl/α,β-unsaturated/α-hetero) is 1. The molecule has 15 heavy (non-hydrogen) atoms. The van der Waals surface area contributed by atoms with Gasteiger partial charge in [-0.3, -0.25) is 9.69 Å². The van der Waals surface area contributed by atoms with Crippen molar-refractivity contribution in [3.8, 4) is 0 Å². The first-order chi connectivity index (χ1) is 7.04. The van der Waals surface area contributed by atoms with Crippen LogP contribution >= 0.6 is 0 Å². The number of hydrogen-bond donors (Lipinski definition) is 0. The Balaban J connectivity index is 2.74. The lowest BCUT2D eigenvalue weighted by atomic mass is 10.00. The molecule has 0 aromatic rings. The quantitative estimate of drug-likeness (QED) is 0.715. The number of carbonyl (C=O) groups excluding carboxylic acids is 1. The molecule has 1 aliphatic rings. The Kier molecular flexibility index (Phi) is 4.74. The fourth-order valence-electron chi connectivity index (χ4n) is 2.04. The van der Waals surface area contributed by atoms with Gasteiger partial charge in [-0.15, -0.1) is 0 Å². The van der Waals surface area contributed by atoms with Gasteiger partial charge < -0.3 is 4.74 Å². The standard InChI is InChI=1S/C12H23NO2/c1-9(2)12(14)11-8-15-7-5-6-13(11)10(3)4/h9-11H,5-8H2,1-4H3. The van der Waals surface area contributed by atoms with Crippen LogP contribution in [-0.4, -0.2) is 42.5 Å². The first-order valence-corrected chi connectivity index (χ1v) is 5.91. The van der Waals surface area contributed by atoms with Crippen LogP contribution in [0.3, 0.4) is 0 Å². The van der Waals surface area contributed by atoms with Crippen LogP contribution in [0, 0.1) is 5.92 Å². The van der Waals surface area contributed by atoms with Crippen molar-refractivity contribution in [3.63, 3.8) is 0 Å². The number of ether oxygens (including phenoxy) is 1. The number of ketones is 1. The van der Waals surface area contributed by atoms with Crippen LogP contribution in [0.4, 0.5) is 0 Å². The van der Waals surface area contributed by atoms with Gasteiger partial charge in [-0.25, -0.2) is 0 Å². The van der Waals surface area contributed by atoms with E-state index in [1.54, 1.807) is 0 Å². The van der Waals surface area contributed by atoms with E-state index in [0.29, 0.717) is 18.4 Å². The van der Waals surface area contributed by atoms with E-state index in [4.69, 9.17) is 4.74 Å². The molecule has 1 rings (SSSR count). The van der Waals surface area contributed by atoms with Crippen molar-refractivity contribution < 1.29 is 9.53 Å². The summed E-state index contributed by atoms with van der Waals surface area (Å²) >= 11 is 0. The molecule has 0 bridgehead atoms. The zero-order chi connectivity index (χ0) is 11.4. The average molecular weight is 213 g/mol. The van der Waals surface area contributed by atoms with Crippen LogP contribution in [-0.2, 0) is 9.53 Å². The Hall–Kier alpha value is -0.410. The van der Waals surface area contributed by atoms with Crippen LogP contribution in [0.15, 0.2) is 0 Å². The van der Waals surface area contributed by atoms with E-state index in [1.165, 1.54) is 0 Å². The highest BCUT2D eigenvalue weighted by Gasteiger charge is 2.30. The van der Waals surface area contributed by atoms with Crippen molar-refractivity contribution in [1.29, 1.82) is 0 Å². The normalized spacial score (nSPS) is 24.5. The molecular weight excluding hydrogens is 190 g/mol. The maximum atomic E-state index is 12.0. The second kappa shape index (κ2) is 5.61. The zero-order valence-corrected chi connectivity index (χ0v) is 10.3. The van der Waals surface area contributed by atoms with Gasteiger partial charge >= 0.3 is 0 Å². The third kappa shape index (κ3) is 3.28. The van der Waals surface area contributed by atoms with Crippen LogP contribution in [0.5, 0.6) is 0 Å². The molecule has 88 valence electrons. The molecule has 0 aliphatic carbocycles. The van der Waals surface area contributed by atoms with Gasteiger partial charge in [0.05, 0.1) is 12.6 Å². The fourth-order valence-corrected chi connectivity index (χ4v) is 2.04. The predicted molar refractivity (Wildman–Crippen MR) is 60.9 cm³/mol. The van der Waals surface area contributed by atoms with E-state index in [9.17, 15) is 4.79 Å². The third-order valence-corrected chi connectivity index (χ3v) is 2.94. The van der Waals surface area contributed by atoms with E-state index in [2.05, 4.69) is 18.7 Å². The molecule has 0 radical (unpaired) electrons. The molecule has 0 amide bonds. The lowest BCUT2D eigenvalue weighted by Gasteiger charge is -2.32. The van der Waals surface area contributed by atoms with Gasteiger partial charge in [0.15, 0.2) is 5.78 Å². The summed E-state index contributed by atoms with van der Waals surface area (Å²) in [6.45, 7) is 10.5. The SMILES string of the molecule is CC(C)C(=O)C1COCCCN1C(C)C. The Morgan fingerprint density at radius 2 is 2.00 bits per heavy atom. The summed E-state index contributed by atoms with van der Waals surface area (Å²) in [7, 11) is 0. The van der Waals surface area contributed by atoms with Gasteiger partial charge in [-0.05, 0) is 20.3 Å². The second-order valence-corrected chi connectivity index (χ2v) is 4.83. The van der Waals surface area contributed by atoms with Gasteiger partial charge in [0.1, 0.15) is 0 Å². The summed E-state index contributed by atoms with van der Waals surface area (Å²) in [6, 6.07) is 0.381. The largest absolute Gasteiger partial charge is 0.379 e. The fraction of sp³-hybridized carbons (Fsp3) is 0.917. The molecular formula is C12H23NO2. The minimum Gasteiger partial charge on any atom is -0.379 e. The Morgan fingerprint density at radius 3 is 2.53 bits per heavy atom. The molecule has 1 atom stereocenters. The molecule has 0 saturated carbocycles. The van der Waals surface area contributed by atoms with Gasteiger partial charge in [0.2, 0.25) is 0 Å². The van der Waals surface area contributed by atoms with E-state index in [0.717, 1.165) is 19.6 Å². The minimum absolute atomic E-state index is 0.0347. The predicted octanol–water partition coefficient (Wildman–Crippen LogP) is 1.71. The highest BCUT2D eigenvalue weighted by molar-refractivity contribution is 5.85. The van der Waals surface area contributed by atoms with Gasteiger partial charge in [-0.1, -0.05) is 13.8 Å².